The van der Waals surface area contributed by atoms with E-state index in [1.54, 1.807) is 0 Å². The van der Waals surface area contributed by atoms with Crippen molar-refractivity contribution in [2.24, 2.45) is 0 Å². The number of esters is 3. The fraction of sp³-hybridized carbons (Fsp3) is 0.723. The fourth-order valence-corrected chi connectivity index (χ4v) is 5.74. The molecule has 6 nitrogen and oxygen atoms in total. The smallest absolute Gasteiger partial charge is 0.306 e. The molecular formula is C47H80O6. The van der Waals surface area contributed by atoms with E-state index in [4.69, 9.17) is 14.2 Å². The topological polar surface area (TPSA) is 78.9 Å². The zero-order valence-corrected chi connectivity index (χ0v) is 34.5. The van der Waals surface area contributed by atoms with Gasteiger partial charge >= 0.3 is 17.9 Å². The summed E-state index contributed by atoms with van der Waals surface area (Å²) < 4.78 is 16.6. The zero-order valence-electron chi connectivity index (χ0n) is 34.5. The first-order valence-electron chi connectivity index (χ1n) is 21.8. The molecule has 304 valence electrons. The summed E-state index contributed by atoms with van der Waals surface area (Å²) in [5.41, 5.74) is 0. The lowest BCUT2D eigenvalue weighted by molar-refractivity contribution is -0.167. The molecule has 0 aromatic heterocycles. The van der Waals surface area contributed by atoms with Gasteiger partial charge in [0.05, 0.1) is 0 Å². The second kappa shape index (κ2) is 41.9. The predicted molar refractivity (Wildman–Crippen MR) is 224 cm³/mol. The number of allylic oxidation sites excluding steroid dienone is 10. The molecule has 0 heterocycles. The SMILES string of the molecule is CC/C=C\C/C=C\CCCCC(=O)OCC(COC(=O)CCCCCCCCC/C=C\CCCCCCCC)OC(=O)CCCC/C=C\C/C=C\CC. The van der Waals surface area contributed by atoms with Gasteiger partial charge in [0.15, 0.2) is 6.10 Å². The number of unbranched alkanes of at least 4 members (excludes halogenated alkanes) is 17. The van der Waals surface area contributed by atoms with Crippen LogP contribution in [0.25, 0.3) is 0 Å². The zero-order chi connectivity index (χ0) is 38.7. The van der Waals surface area contributed by atoms with Crippen LogP contribution in [0.2, 0.25) is 0 Å². The minimum absolute atomic E-state index is 0.101. The van der Waals surface area contributed by atoms with Gasteiger partial charge in [0.2, 0.25) is 0 Å². The van der Waals surface area contributed by atoms with Gasteiger partial charge in [-0.05, 0) is 96.3 Å². The summed E-state index contributed by atoms with van der Waals surface area (Å²) in [6.07, 6.45) is 49.5. The summed E-state index contributed by atoms with van der Waals surface area (Å²) in [6.45, 7) is 6.30. The maximum absolute atomic E-state index is 12.6. The molecule has 0 aromatic carbocycles. The van der Waals surface area contributed by atoms with E-state index in [1.165, 1.54) is 77.0 Å². The summed E-state index contributed by atoms with van der Waals surface area (Å²) in [5.74, 6) is -0.988. The normalized spacial score (nSPS) is 12.6. The number of ether oxygens (including phenoxy) is 3. The van der Waals surface area contributed by atoms with Crippen molar-refractivity contribution in [3.63, 3.8) is 0 Å². The molecule has 0 saturated heterocycles. The number of rotatable bonds is 38. The Morgan fingerprint density at radius 2 is 0.736 bits per heavy atom. The highest BCUT2D eigenvalue weighted by atomic mass is 16.6. The Balaban J connectivity index is 4.34. The Morgan fingerprint density at radius 1 is 0.396 bits per heavy atom. The van der Waals surface area contributed by atoms with E-state index in [1.807, 2.05) is 0 Å². The Kier molecular flexibility index (Phi) is 39.6. The Labute approximate surface area is 326 Å². The van der Waals surface area contributed by atoms with Crippen molar-refractivity contribution in [2.75, 3.05) is 13.2 Å². The molecule has 0 saturated carbocycles. The van der Waals surface area contributed by atoms with Gasteiger partial charge < -0.3 is 14.2 Å². The van der Waals surface area contributed by atoms with Crippen molar-refractivity contribution in [3.05, 3.63) is 60.8 Å². The molecule has 0 aliphatic carbocycles. The fourth-order valence-electron chi connectivity index (χ4n) is 5.74. The Hall–Kier alpha value is -2.89. The maximum Gasteiger partial charge on any atom is 0.306 e. The highest BCUT2D eigenvalue weighted by Gasteiger charge is 2.19. The molecular weight excluding hydrogens is 661 g/mol. The molecule has 1 atom stereocenters. The van der Waals surface area contributed by atoms with Crippen LogP contribution in [0.15, 0.2) is 60.8 Å². The first kappa shape index (κ1) is 50.1. The van der Waals surface area contributed by atoms with Gasteiger partial charge in [0.1, 0.15) is 13.2 Å². The molecule has 6 heteroatoms. The molecule has 0 aliphatic rings. The summed E-state index contributed by atoms with van der Waals surface area (Å²) in [4.78, 5) is 37.5. The first-order chi connectivity index (χ1) is 26.0. The van der Waals surface area contributed by atoms with E-state index >= 15 is 0 Å². The van der Waals surface area contributed by atoms with Gasteiger partial charge in [-0.1, -0.05) is 146 Å². The van der Waals surface area contributed by atoms with E-state index < -0.39 is 6.10 Å². The van der Waals surface area contributed by atoms with Crippen molar-refractivity contribution in [3.8, 4) is 0 Å². The Morgan fingerprint density at radius 3 is 1.19 bits per heavy atom. The lowest BCUT2D eigenvalue weighted by Gasteiger charge is -2.18. The largest absolute Gasteiger partial charge is 0.462 e. The molecule has 0 N–H and O–H groups in total. The maximum atomic E-state index is 12.6. The van der Waals surface area contributed by atoms with Gasteiger partial charge in [0.25, 0.3) is 0 Å². The minimum Gasteiger partial charge on any atom is -0.462 e. The summed E-state index contributed by atoms with van der Waals surface area (Å²) in [5, 5.41) is 0. The van der Waals surface area contributed by atoms with Gasteiger partial charge in [-0.15, -0.1) is 0 Å². The molecule has 0 fully saturated rings. The van der Waals surface area contributed by atoms with Crippen molar-refractivity contribution in [1.29, 1.82) is 0 Å². The molecule has 0 amide bonds. The van der Waals surface area contributed by atoms with Crippen LogP contribution in [0.3, 0.4) is 0 Å². The predicted octanol–water partition coefficient (Wildman–Crippen LogP) is 13.7. The van der Waals surface area contributed by atoms with Crippen molar-refractivity contribution < 1.29 is 28.6 Å². The van der Waals surface area contributed by atoms with Crippen LogP contribution < -0.4 is 0 Å². The van der Waals surface area contributed by atoms with Crippen LogP contribution in [0, 0.1) is 0 Å². The molecule has 1 unspecified atom stereocenters. The number of hydrogen-bond donors (Lipinski definition) is 0. The summed E-state index contributed by atoms with van der Waals surface area (Å²) >= 11 is 0. The van der Waals surface area contributed by atoms with E-state index in [0.29, 0.717) is 19.3 Å². The van der Waals surface area contributed by atoms with E-state index in [9.17, 15) is 14.4 Å². The number of hydrogen-bond acceptors (Lipinski definition) is 6. The van der Waals surface area contributed by atoms with Crippen LogP contribution in [-0.2, 0) is 28.6 Å². The lowest BCUT2D eigenvalue weighted by Crippen LogP contribution is -2.30. The van der Waals surface area contributed by atoms with Crippen LogP contribution in [0.1, 0.15) is 201 Å². The van der Waals surface area contributed by atoms with Crippen molar-refractivity contribution in [1.82, 2.24) is 0 Å². The molecule has 0 bridgehead atoms. The minimum atomic E-state index is -0.801. The van der Waals surface area contributed by atoms with Gasteiger partial charge in [-0.3, -0.25) is 14.4 Å². The number of carbonyl (C=O) groups is 3. The van der Waals surface area contributed by atoms with Crippen LogP contribution >= 0.6 is 0 Å². The molecule has 0 aromatic rings. The molecule has 53 heavy (non-hydrogen) atoms. The third-order valence-corrected chi connectivity index (χ3v) is 8.99. The molecule has 0 spiro atoms. The summed E-state index contributed by atoms with van der Waals surface area (Å²) in [6, 6.07) is 0. The van der Waals surface area contributed by atoms with Crippen LogP contribution in [0.4, 0.5) is 0 Å². The molecule has 0 radical (unpaired) electrons. The van der Waals surface area contributed by atoms with E-state index in [0.717, 1.165) is 77.0 Å². The molecule has 0 rings (SSSR count). The quantitative estimate of drug-likeness (QED) is 0.0271. The standard InChI is InChI=1S/C47H80O6/c1-4-7-10-13-16-19-20-21-22-23-24-25-26-29-31-34-37-40-46(49)52-43-44(53-47(50)41-38-35-32-28-18-15-12-9-6-3)42-51-45(48)39-36-33-30-27-17-14-11-8-5-2/h8-9,11-12,17-18,21-22,27-28,44H,4-7,10,13-16,19-20,23-26,29-43H2,1-3H3/b11-8-,12-9-,22-21-,27-17-,28-18-. The van der Waals surface area contributed by atoms with Crippen molar-refractivity contribution >= 4 is 17.9 Å². The second-order valence-corrected chi connectivity index (χ2v) is 14.2. The van der Waals surface area contributed by atoms with Gasteiger partial charge in [0, 0.05) is 19.3 Å². The van der Waals surface area contributed by atoms with E-state index in [2.05, 4.69) is 81.5 Å². The lowest BCUT2D eigenvalue weighted by atomic mass is 10.1. The van der Waals surface area contributed by atoms with Crippen LogP contribution in [-0.4, -0.2) is 37.2 Å². The Bertz CT molecular complexity index is 991. The number of carbonyl (C=O) groups excluding carboxylic acids is 3. The average molecular weight is 741 g/mol. The van der Waals surface area contributed by atoms with Gasteiger partial charge in [-0.25, -0.2) is 0 Å². The average Bonchev–Trinajstić information content (AvgIpc) is 3.15. The van der Waals surface area contributed by atoms with E-state index in [-0.39, 0.29) is 37.5 Å². The monoisotopic (exact) mass is 741 g/mol. The third kappa shape index (κ3) is 40.1. The second-order valence-electron chi connectivity index (χ2n) is 14.2. The highest BCUT2D eigenvalue weighted by Crippen LogP contribution is 2.13. The van der Waals surface area contributed by atoms with Crippen molar-refractivity contribution in [2.45, 2.75) is 207 Å². The highest BCUT2D eigenvalue weighted by molar-refractivity contribution is 5.71. The van der Waals surface area contributed by atoms with Gasteiger partial charge in [-0.2, -0.15) is 0 Å². The van der Waals surface area contributed by atoms with Crippen LogP contribution in [0.5, 0.6) is 0 Å². The molecule has 0 aliphatic heterocycles. The summed E-state index contributed by atoms with van der Waals surface area (Å²) in [7, 11) is 0. The third-order valence-electron chi connectivity index (χ3n) is 8.99. The first-order valence-corrected chi connectivity index (χ1v) is 21.8.